The first-order valence-electron chi connectivity index (χ1n) is 11.2. The molecule has 0 spiro atoms. The SMILES string of the molecule is Cc1cccc(N2CCN(C(=O)C3CCN(C(=O)/C=C/c4ccccc4)CC3)CC2)c1. The van der Waals surface area contributed by atoms with Crippen molar-refractivity contribution in [3.05, 3.63) is 71.8 Å². The van der Waals surface area contributed by atoms with Crippen LogP contribution in [-0.2, 0) is 9.59 Å². The fourth-order valence-corrected chi connectivity index (χ4v) is 4.45. The van der Waals surface area contributed by atoms with Crippen LogP contribution in [0.15, 0.2) is 60.7 Å². The second-order valence-corrected chi connectivity index (χ2v) is 8.49. The van der Waals surface area contributed by atoms with Crippen LogP contribution in [-0.4, -0.2) is 60.9 Å². The highest BCUT2D eigenvalue weighted by Gasteiger charge is 2.31. The molecule has 2 aliphatic rings. The van der Waals surface area contributed by atoms with E-state index >= 15 is 0 Å². The summed E-state index contributed by atoms with van der Waals surface area (Å²) in [4.78, 5) is 31.7. The first-order valence-corrected chi connectivity index (χ1v) is 11.2. The number of carbonyl (C=O) groups is 2. The molecule has 0 N–H and O–H groups in total. The number of aryl methyl sites for hydroxylation is 1. The maximum absolute atomic E-state index is 13.0. The molecule has 2 heterocycles. The molecule has 5 heteroatoms. The number of nitrogens with zero attached hydrogens (tertiary/aromatic N) is 3. The zero-order chi connectivity index (χ0) is 21.6. The Morgan fingerprint density at radius 1 is 0.839 bits per heavy atom. The minimum absolute atomic E-state index is 0.0292. The van der Waals surface area contributed by atoms with Crippen molar-refractivity contribution in [1.29, 1.82) is 0 Å². The molecule has 0 aromatic heterocycles. The third-order valence-electron chi connectivity index (χ3n) is 6.33. The number of carbonyl (C=O) groups excluding carboxylic acids is 2. The minimum atomic E-state index is 0.0292. The summed E-state index contributed by atoms with van der Waals surface area (Å²) in [7, 11) is 0. The summed E-state index contributed by atoms with van der Waals surface area (Å²) in [6.07, 6.45) is 5.00. The highest BCUT2D eigenvalue weighted by atomic mass is 16.2. The predicted molar refractivity (Wildman–Crippen MR) is 125 cm³/mol. The van der Waals surface area contributed by atoms with Gasteiger partial charge in [-0.1, -0.05) is 42.5 Å². The first kappa shape index (κ1) is 21.2. The number of likely N-dealkylation sites (tertiary alicyclic amines) is 1. The lowest BCUT2D eigenvalue weighted by Gasteiger charge is -2.39. The van der Waals surface area contributed by atoms with Crippen LogP contribution < -0.4 is 4.90 Å². The summed E-state index contributed by atoms with van der Waals surface area (Å²) in [5, 5.41) is 0. The summed E-state index contributed by atoms with van der Waals surface area (Å²) in [5.74, 6) is 0.324. The van der Waals surface area contributed by atoms with E-state index in [2.05, 4.69) is 36.1 Å². The molecule has 162 valence electrons. The van der Waals surface area contributed by atoms with Crippen LogP contribution >= 0.6 is 0 Å². The van der Waals surface area contributed by atoms with Crippen molar-refractivity contribution in [2.45, 2.75) is 19.8 Å². The molecule has 4 rings (SSSR count). The normalized spacial score (nSPS) is 17.9. The van der Waals surface area contributed by atoms with Gasteiger partial charge in [0.05, 0.1) is 0 Å². The fraction of sp³-hybridized carbons (Fsp3) is 0.385. The smallest absolute Gasteiger partial charge is 0.246 e. The molecule has 5 nitrogen and oxygen atoms in total. The second-order valence-electron chi connectivity index (χ2n) is 8.49. The Labute approximate surface area is 184 Å². The Hall–Kier alpha value is -3.08. The van der Waals surface area contributed by atoms with Crippen molar-refractivity contribution in [2.24, 2.45) is 5.92 Å². The number of benzene rings is 2. The van der Waals surface area contributed by atoms with Gasteiger partial charge in [0.15, 0.2) is 0 Å². The minimum Gasteiger partial charge on any atom is -0.368 e. The molecule has 2 aromatic carbocycles. The van der Waals surface area contributed by atoms with Crippen LogP contribution in [0.4, 0.5) is 5.69 Å². The standard InChI is InChI=1S/C26H31N3O2/c1-21-6-5-9-24(20-21)27-16-18-29(19-17-27)26(31)23-12-14-28(15-13-23)25(30)11-10-22-7-3-2-4-8-22/h2-11,20,23H,12-19H2,1H3/b11-10+. The van der Waals surface area contributed by atoms with Gasteiger partial charge < -0.3 is 14.7 Å². The highest BCUT2D eigenvalue weighted by molar-refractivity contribution is 5.92. The molecule has 2 saturated heterocycles. The Balaban J connectivity index is 1.24. The molecule has 0 unspecified atom stereocenters. The van der Waals surface area contributed by atoms with Gasteiger partial charge in [0, 0.05) is 56.9 Å². The Bertz CT molecular complexity index is 925. The van der Waals surface area contributed by atoms with Crippen molar-refractivity contribution in [3.63, 3.8) is 0 Å². The first-order chi connectivity index (χ1) is 15.1. The van der Waals surface area contributed by atoms with Crippen molar-refractivity contribution in [1.82, 2.24) is 9.80 Å². The number of hydrogen-bond donors (Lipinski definition) is 0. The molecule has 2 aliphatic heterocycles. The van der Waals surface area contributed by atoms with Crippen LogP contribution in [0.5, 0.6) is 0 Å². The third-order valence-corrected chi connectivity index (χ3v) is 6.33. The Kier molecular flexibility index (Phi) is 6.70. The molecular weight excluding hydrogens is 386 g/mol. The summed E-state index contributed by atoms with van der Waals surface area (Å²) in [5.41, 5.74) is 3.52. The quantitative estimate of drug-likeness (QED) is 0.714. The van der Waals surface area contributed by atoms with Crippen LogP contribution in [0, 0.1) is 12.8 Å². The van der Waals surface area contributed by atoms with E-state index in [4.69, 9.17) is 0 Å². The molecule has 2 amide bonds. The maximum atomic E-state index is 13.0. The van der Waals surface area contributed by atoms with Gasteiger partial charge in [-0.15, -0.1) is 0 Å². The molecule has 2 aromatic rings. The fourth-order valence-electron chi connectivity index (χ4n) is 4.45. The molecule has 31 heavy (non-hydrogen) atoms. The lowest BCUT2D eigenvalue weighted by atomic mass is 9.94. The number of piperazine rings is 1. The zero-order valence-electron chi connectivity index (χ0n) is 18.2. The number of hydrogen-bond acceptors (Lipinski definition) is 3. The number of rotatable bonds is 4. The van der Waals surface area contributed by atoms with E-state index in [-0.39, 0.29) is 17.7 Å². The molecule has 0 radical (unpaired) electrons. The van der Waals surface area contributed by atoms with Crippen molar-refractivity contribution >= 4 is 23.6 Å². The van der Waals surface area contributed by atoms with Gasteiger partial charge >= 0.3 is 0 Å². The molecular formula is C26H31N3O2. The van der Waals surface area contributed by atoms with E-state index in [1.807, 2.05) is 46.2 Å². The van der Waals surface area contributed by atoms with Gasteiger partial charge in [0.1, 0.15) is 0 Å². The molecule has 2 fully saturated rings. The average Bonchev–Trinajstić information content (AvgIpc) is 2.83. The average molecular weight is 418 g/mol. The van der Waals surface area contributed by atoms with Crippen LogP contribution in [0.25, 0.3) is 6.08 Å². The van der Waals surface area contributed by atoms with E-state index in [9.17, 15) is 9.59 Å². The monoisotopic (exact) mass is 417 g/mol. The van der Waals surface area contributed by atoms with E-state index in [1.54, 1.807) is 6.08 Å². The van der Waals surface area contributed by atoms with Gasteiger partial charge in [-0.2, -0.15) is 0 Å². The number of amides is 2. The zero-order valence-corrected chi connectivity index (χ0v) is 18.2. The van der Waals surface area contributed by atoms with Crippen LogP contribution in [0.2, 0.25) is 0 Å². The molecule has 0 aliphatic carbocycles. The largest absolute Gasteiger partial charge is 0.368 e. The summed E-state index contributed by atoms with van der Waals surface area (Å²) in [6, 6.07) is 18.4. The predicted octanol–water partition coefficient (Wildman–Crippen LogP) is 3.60. The van der Waals surface area contributed by atoms with Gasteiger partial charge in [-0.3, -0.25) is 9.59 Å². The lowest BCUT2D eigenvalue weighted by molar-refractivity contribution is -0.139. The summed E-state index contributed by atoms with van der Waals surface area (Å²) < 4.78 is 0. The third kappa shape index (κ3) is 5.35. The van der Waals surface area contributed by atoms with E-state index in [1.165, 1.54) is 11.3 Å². The Morgan fingerprint density at radius 3 is 2.23 bits per heavy atom. The highest BCUT2D eigenvalue weighted by Crippen LogP contribution is 2.23. The Morgan fingerprint density at radius 2 is 1.55 bits per heavy atom. The summed E-state index contributed by atoms with van der Waals surface area (Å²) >= 11 is 0. The van der Waals surface area contributed by atoms with Gasteiger partial charge in [-0.25, -0.2) is 0 Å². The number of piperidine rings is 1. The van der Waals surface area contributed by atoms with Gasteiger partial charge in [0.2, 0.25) is 11.8 Å². The van der Waals surface area contributed by atoms with Crippen molar-refractivity contribution in [3.8, 4) is 0 Å². The van der Waals surface area contributed by atoms with E-state index in [0.717, 1.165) is 44.6 Å². The van der Waals surface area contributed by atoms with Crippen LogP contribution in [0.1, 0.15) is 24.0 Å². The summed E-state index contributed by atoms with van der Waals surface area (Å²) in [6.45, 7) is 6.69. The van der Waals surface area contributed by atoms with Gasteiger partial charge in [0.25, 0.3) is 0 Å². The lowest BCUT2D eigenvalue weighted by Crippen LogP contribution is -2.52. The van der Waals surface area contributed by atoms with Crippen molar-refractivity contribution in [2.75, 3.05) is 44.2 Å². The van der Waals surface area contributed by atoms with E-state index < -0.39 is 0 Å². The molecule has 0 saturated carbocycles. The topological polar surface area (TPSA) is 43.9 Å². The maximum Gasteiger partial charge on any atom is 0.246 e. The number of anilines is 1. The molecule has 0 atom stereocenters. The molecule has 0 bridgehead atoms. The van der Waals surface area contributed by atoms with Gasteiger partial charge in [-0.05, 0) is 49.1 Å². The van der Waals surface area contributed by atoms with Crippen LogP contribution in [0.3, 0.4) is 0 Å². The van der Waals surface area contributed by atoms with E-state index in [0.29, 0.717) is 13.1 Å². The second kappa shape index (κ2) is 9.82. The van der Waals surface area contributed by atoms with Crippen molar-refractivity contribution < 1.29 is 9.59 Å².